The molecule has 0 spiro atoms. The first kappa shape index (κ1) is 28.3. The topological polar surface area (TPSA) is 51.8 Å². The van der Waals surface area contributed by atoms with E-state index in [4.69, 9.17) is 14.4 Å². The Balaban J connectivity index is 0.00000312. The zero-order chi connectivity index (χ0) is 29.7. The summed E-state index contributed by atoms with van der Waals surface area (Å²) in [6.45, 7) is 0. The van der Waals surface area contributed by atoms with Crippen LogP contribution in [0.2, 0.25) is 0 Å². The van der Waals surface area contributed by atoms with Crippen LogP contribution in [0.15, 0.2) is 156 Å². The summed E-state index contributed by atoms with van der Waals surface area (Å²) in [5.74, 6) is 0.581. The molecule has 5 aromatic carbocycles. The maximum atomic E-state index is 6.62. The van der Waals surface area contributed by atoms with E-state index in [-0.39, 0.29) is 22.6 Å². The van der Waals surface area contributed by atoms with Crippen molar-refractivity contribution in [2.75, 3.05) is 0 Å². The van der Waals surface area contributed by atoms with Gasteiger partial charge in [-0.1, -0.05) is 126 Å². The molecular formula is C40H26CuN3OSi. The molecule has 1 aliphatic carbocycles. The average Bonchev–Trinajstić information content (AvgIpc) is 3.69. The number of hydrogen-bond acceptors (Lipinski definition) is 4. The number of pyridine rings is 2. The Morgan fingerprint density at radius 1 is 0.522 bits per heavy atom. The first-order valence-electron chi connectivity index (χ1n) is 15.2. The van der Waals surface area contributed by atoms with Crippen molar-refractivity contribution >= 4 is 41.2 Å². The second-order valence-electron chi connectivity index (χ2n) is 11.3. The zero-order valence-corrected chi connectivity index (χ0v) is 26.5. The van der Waals surface area contributed by atoms with Crippen LogP contribution in [-0.2, 0) is 17.1 Å². The minimum Gasteiger partial charge on any atom is -0.436 e. The first-order chi connectivity index (χ1) is 22.3. The largest absolute Gasteiger partial charge is 0.436 e. The van der Waals surface area contributed by atoms with Crippen molar-refractivity contribution < 1.29 is 21.5 Å². The van der Waals surface area contributed by atoms with Gasteiger partial charge in [0.25, 0.3) is 0 Å². The minimum atomic E-state index is -1.32. The van der Waals surface area contributed by atoms with Crippen LogP contribution in [0.25, 0.3) is 56.0 Å². The van der Waals surface area contributed by atoms with Gasteiger partial charge in [-0.15, -0.1) is 0 Å². The number of fused-ring (bicyclic) bond motifs is 6. The Morgan fingerprint density at radius 3 is 2.00 bits per heavy atom. The average molecular weight is 656 g/mol. The van der Waals surface area contributed by atoms with Crippen LogP contribution in [-0.4, -0.2) is 23.7 Å². The molecule has 1 aliphatic rings. The summed E-state index contributed by atoms with van der Waals surface area (Å²) in [4.78, 5) is 14.9. The van der Waals surface area contributed by atoms with E-state index in [1.54, 1.807) is 6.20 Å². The van der Waals surface area contributed by atoms with Gasteiger partial charge in [-0.2, -0.15) is 0 Å². The molecule has 0 aliphatic heterocycles. The fourth-order valence-corrected chi connectivity index (χ4v) is 10.1. The van der Waals surface area contributed by atoms with Gasteiger partial charge in [0.15, 0.2) is 5.58 Å². The Labute approximate surface area is 278 Å². The molecule has 0 N–H and O–H groups in total. The van der Waals surface area contributed by atoms with E-state index in [0.29, 0.717) is 5.89 Å². The van der Waals surface area contributed by atoms with Crippen molar-refractivity contribution in [3.63, 3.8) is 0 Å². The summed E-state index contributed by atoms with van der Waals surface area (Å²) in [6.07, 6.45) is 1.80. The summed E-state index contributed by atoms with van der Waals surface area (Å²) in [5, 5.41) is 3.79. The number of nitrogens with zero attached hydrogens (tertiary/aromatic N) is 3. The number of hydrogen-bond donors (Lipinski definition) is 0. The van der Waals surface area contributed by atoms with Crippen LogP contribution >= 0.6 is 0 Å². The maximum Gasteiger partial charge on any atom is 0.229 e. The zero-order valence-electron chi connectivity index (χ0n) is 24.6. The molecule has 46 heavy (non-hydrogen) atoms. The Kier molecular flexibility index (Phi) is 7.19. The van der Waals surface area contributed by atoms with E-state index in [2.05, 4.69) is 120 Å². The number of aromatic nitrogens is 3. The third-order valence-electron chi connectivity index (χ3n) is 8.79. The van der Waals surface area contributed by atoms with Crippen molar-refractivity contribution in [3.8, 4) is 34.0 Å². The van der Waals surface area contributed by atoms with Crippen LogP contribution in [0.3, 0.4) is 0 Å². The standard InChI is InChI=1S/C40H26N3OSi.Cu/c1-3-13-27(14-4-1)45(28-15-5-2-6-16-28)39-31-18-8-7-17-29(31)30-22-24-35-38(36(30)39)43-40(44-35)32-19-11-12-26-21-23-34(42-37(26)32)33-20-9-10-25-41-33;/h1-25,39H;. The summed E-state index contributed by atoms with van der Waals surface area (Å²) in [7, 11) is -1.32. The Bertz CT molecular complexity index is 2300. The third kappa shape index (κ3) is 4.62. The fourth-order valence-electron chi connectivity index (χ4n) is 6.82. The molecule has 222 valence electrons. The summed E-state index contributed by atoms with van der Waals surface area (Å²) >= 11 is 0. The fraction of sp³-hybridized carbons (Fsp3) is 0.0250. The van der Waals surface area contributed by atoms with E-state index < -0.39 is 8.80 Å². The second kappa shape index (κ2) is 11.7. The van der Waals surface area contributed by atoms with E-state index in [1.807, 2.05) is 30.3 Å². The molecule has 8 aromatic rings. The molecule has 1 atom stereocenters. The van der Waals surface area contributed by atoms with Gasteiger partial charge in [0, 0.05) is 34.2 Å². The van der Waals surface area contributed by atoms with Gasteiger partial charge in [-0.25, -0.2) is 9.97 Å². The van der Waals surface area contributed by atoms with Gasteiger partial charge in [0.1, 0.15) is 14.3 Å². The van der Waals surface area contributed by atoms with Crippen LogP contribution in [0.1, 0.15) is 16.7 Å². The summed E-state index contributed by atoms with van der Waals surface area (Å²) < 4.78 is 6.62. The number of para-hydroxylation sites is 1. The van der Waals surface area contributed by atoms with Crippen LogP contribution < -0.4 is 10.4 Å². The molecular weight excluding hydrogens is 630 g/mol. The molecule has 1 unspecified atom stereocenters. The van der Waals surface area contributed by atoms with Crippen molar-refractivity contribution in [1.29, 1.82) is 0 Å². The van der Waals surface area contributed by atoms with Crippen molar-refractivity contribution in [2.24, 2.45) is 0 Å². The molecule has 0 saturated carbocycles. The normalized spacial score (nSPS) is 13.5. The second-order valence-corrected chi connectivity index (χ2v) is 13.9. The van der Waals surface area contributed by atoms with Crippen LogP contribution in [0.4, 0.5) is 0 Å². The maximum absolute atomic E-state index is 6.62. The van der Waals surface area contributed by atoms with Crippen molar-refractivity contribution in [3.05, 3.63) is 163 Å². The molecule has 6 heteroatoms. The Hall–Kier alpha value is -5.13. The smallest absolute Gasteiger partial charge is 0.229 e. The predicted octanol–water partition coefficient (Wildman–Crippen LogP) is 8.06. The number of benzene rings is 5. The van der Waals surface area contributed by atoms with E-state index in [0.717, 1.165) is 39.0 Å². The molecule has 4 nitrogen and oxygen atoms in total. The van der Waals surface area contributed by atoms with Crippen LogP contribution in [0.5, 0.6) is 0 Å². The minimum absolute atomic E-state index is 0. The molecule has 0 saturated heterocycles. The monoisotopic (exact) mass is 655 g/mol. The molecule has 0 fully saturated rings. The molecule has 0 amide bonds. The predicted molar refractivity (Wildman–Crippen MR) is 183 cm³/mol. The number of oxazole rings is 1. The summed E-state index contributed by atoms with van der Waals surface area (Å²) in [5.41, 5.74) is 10.4. The number of rotatable bonds is 5. The van der Waals surface area contributed by atoms with Gasteiger partial charge >= 0.3 is 0 Å². The molecule has 3 aromatic heterocycles. The third-order valence-corrected chi connectivity index (χ3v) is 11.9. The summed E-state index contributed by atoms with van der Waals surface area (Å²) in [6, 6.07) is 51.3. The Morgan fingerprint density at radius 2 is 1.24 bits per heavy atom. The first-order valence-corrected chi connectivity index (χ1v) is 16.7. The van der Waals surface area contributed by atoms with Gasteiger partial charge in [-0.05, 0) is 52.6 Å². The molecule has 9 rings (SSSR count). The quantitative estimate of drug-likeness (QED) is 0.176. The molecule has 2 radical (unpaired) electrons. The molecule has 3 heterocycles. The molecule has 0 bridgehead atoms. The van der Waals surface area contributed by atoms with Gasteiger partial charge in [0.05, 0.1) is 22.5 Å². The van der Waals surface area contributed by atoms with E-state index >= 15 is 0 Å². The van der Waals surface area contributed by atoms with Gasteiger partial charge in [0.2, 0.25) is 5.89 Å². The van der Waals surface area contributed by atoms with Crippen molar-refractivity contribution in [1.82, 2.24) is 15.0 Å². The van der Waals surface area contributed by atoms with Crippen LogP contribution in [0, 0.1) is 0 Å². The van der Waals surface area contributed by atoms with Gasteiger partial charge < -0.3 is 4.42 Å². The van der Waals surface area contributed by atoms with Crippen molar-refractivity contribution in [2.45, 2.75) is 5.54 Å². The SMILES string of the molecule is [Cu].c1ccc([Si](c2ccccc2)C2c3ccccc3-c3ccc4oc(-c5cccc6ccc(-c7ccccn7)nc56)nc4c32)cc1. The van der Waals surface area contributed by atoms with E-state index in [9.17, 15) is 0 Å². The van der Waals surface area contributed by atoms with Gasteiger partial charge in [-0.3, -0.25) is 4.98 Å². The van der Waals surface area contributed by atoms with E-state index in [1.165, 1.54) is 32.6 Å².